The monoisotopic (exact) mass is 248 g/mol. The van der Waals surface area contributed by atoms with Gasteiger partial charge < -0.3 is 4.90 Å². The molecular weight excluding hydrogens is 228 g/mol. The van der Waals surface area contributed by atoms with Crippen LogP contribution < -0.4 is 0 Å². The Bertz CT molecular complexity index is 397. The molecule has 2 saturated heterocycles. The van der Waals surface area contributed by atoms with Gasteiger partial charge in [0, 0.05) is 25.3 Å². The third kappa shape index (κ3) is 2.27. The van der Waals surface area contributed by atoms with E-state index in [0.29, 0.717) is 11.6 Å². The highest BCUT2D eigenvalue weighted by molar-refractivity contribution is 5.93. The largest absolute Gasteiger partial charge is 0.337 e. The summed E-state index contributed by atoms with van der Waals surface area (Å²) < 4.78 is 0. The fourth-order valence-corrected chi connectivity index (χ4v) is 3.06. The van der Waals surface area contributed by atoms with Crippen LogP contribution in [-0.4, -0.2) is 58.1 Å². The molecule has 3 heterocycles. The minimum atomic E-state index is 0.114. The van der Waals surface area contributed by atoms with Crippen molar-refractivity contribution in [2.45, 2.75) is 31.7 Å². The van der Waals surface area contributed by atoms with Gasteiger partial charge >= 0.3 is 0 Å². The van der Waals surface area contributed by atoms with Crippen LogP contribution in [-0.2, 0) is 0 Å². The molecule has 98 valence electrons. The lowest BCUT2D eigenvalue weighted by Crippen LogP contribution is -2.41. The van der Waals surface area contributed by atoms with Crippen molar-refractivity contribution < 1.29 is 4.79 Å². The number of hydrogen-bond acceptors (Lipinski definition) is 3. The molecular formula is C13H20N4O. The number of aromatic amines is 1. The van der Waals surface area contributed by atoms with E-state index in [-0.39, 0.29) is 5.91 Å². The minimum Gasteiger partial charge on any atom is -0.337 e. The first kappa shape index (κ1) is 11.7. The van der Waals surface area contributed by atoms with Gasteiger partial charge in [-0.1, -0.05) is 6.42 Å². The molecule has 2 aliphatic rings. The Hall–Kier alpha value is -1.36. The van der Waals surface area contributed by atoms with E-state index in [9.17, 15) is 4.79 Å². The number of hydrogen-bond donors (Lipinski definition) is 1. The lowest BCUT2D eigenvalue weighted by molar-refractivity contribution is 0.0771. The van der Waals surface area contributed by atoms with E-state index in [1.165, 1.54) is 32.4 Å². The summed E-state index contributed by atoms with van der Waals surface area (Å²) in [5.74, 6) is 0.114. The summed E-state index contributed by atoms with van der Waals surface area (Å²) in [5, 5.41) is 6.54. The van der Waals surface area contributed by atoms with Crippen molar-refractivity contribution in [2.75, 3.05) is 26.2 Å². The molecule has 0 bridgehead atoms. The first-order valence-corrected chi connectivity index (χ1v) is 6.87. The van der Waals surface area contributed by atoms with Crippen molar-refractivity contribution in [1.82, 2.24) is 20.0 Å². The van der Waals surface area contributed by atoms with Gasteiger partial charge in [-0.15, -0.1) is 0 Å². The van der Waals surface area contributed by atoms with Crippen LogP contribution in [0, 0.1) is 0 Å². The zero-order chi connectivity index (χ0) is 12.4. The van der Waals surface area contributed by atoms with Crippen LogP contribution in [0.25, 0.3) is 0 Å². The molecule has 18 heavy (non-hydrogen) atoms. The van der Waals surface area contributed by atoms with Crippen molar-refractivity contribution in [1.29, 1.82) is 0 Å². The Morgan fingerprint density at radius 3 is 2.83 bits per heavy atom. The van der Waals surface area contributed by atoms with Crippen molar-refractivity contribution in [3.8, 4) is 0 Å². The molecule has 0 aliphatic carbocycles. The molecule has 0 saturated carbocycles. The van der Waals surface area contributed by atoms with Crippen LogP contribution in [0.5, 0.6) is 0 Å². The molecule has 1 atom stereocenters. The Kier molecular flexibility index (Phi) is 3.32. The van der Waals surface area contributed by atoms with Crippen molar-refractivity contribution in [2.24, 2.45) is 0 Å². The highest BCUT2D eigenvalue weighted by Gasteiger charge is 2.31. The number of H-pyrrole nitrogens is 1. The summed E-state index contributed by atoms with van der Waals surface area (Å²) in [6.45, 7) is 4.17. The number of carbonyl (C=O) groups is 1. The number of nitrogens with zero attached hydrogens (tertiary/aromatic N) is 3. The molecule has 1 aromatic heterocycles. The van der Waals surface area contributed by atoms with Crippen LogP contribution in [0.3, 0.4) is 0 Å². The fourth-order valence-electron chi connectivity index (χ4n) is 3.06. The van der Waals surface area contributed by atoms with Gasteiger partial charge in [-0.2, -0.15) is 5.10 Å². The smallest absolute Gasteiger partial charge is 0.257 e. The molecule has 3 rings (SSSR count). The predicted molar refractivity (Wildman–Crippen MR) is 68.3 cm³/mol. The Balaban J connectivity index is 1.59. The summed E-state index contributed by atoms with van der Waals surface area (Å²) in [6.07, 6.45) is 8.38. The molecule has 0 aromatic carbocycles. The standard InChI is InChI=1S/C13H20N4O/c18-13(11-8-14-15-9-11)17-7-4-12(10-17)16-5-2-1-3-6-16/h8-9,12H,1-7,10H2,(H,14,15)/t12-/m1/s1. The normalized spacial score (nSPS) is 25.6. The highest BCUT2D eigenvalue weighted by atomic mass is 16.2. The Morgan fingerprint density at radius 1 is 1.28 bits per heavy atom. The second-order valence-electron chi connectivity index (χ2n) is 5.28. The van der Waals surface area contributed by atoms with Crippen LogP contribution in [0.1, 0.15) is 36.0 Å². The van der Waals surface area contributed by atoms with E-state index in [4.69, 9.17) is 0 Å². The zero-order valence-corrected chi connectivity index (χ0v) is 10.6. The van der Waals surface area contributed by atoms with Gasteiger partial charge in [-0.05, 0) is 32.4 Å². The molecule has 1 amide bonds. The summed E-state index contributed by atoms with van der Waals surface area (Å²) >= 11 is 0. The van der Waals surface area contributed by atoms with E-state index in [1.807, 2.05) is 4.90 Å². The maximum atomic E-state index is 12.2. The van der Waals surface area contributed by atoms with Crippen molar-refractivity contribution in [3.05, 3.63) is 18.0 Å². The number of carbonyl (C=O) groups excluding carboxylic acids is 1. The maximum absolute atomic E-state index is 12.2. The molecule has 0 radical (unpaired) electrons. The molecule has 0 unspecified atom stereocenters. The number of piperidine rings is 1. The van der Waals surface area contributed by atoms with Gasteiger partial charge in [0.05, 0.1) is 11.8 Å². The average molecular weight is 248 g/mol. The van der Waals surface area contributed by atoms with E-state index < -0.39 is 0 Å². The highest BCUT2D eigenvalue weighted by Crippen LogP contribution is 2.21. The van der Waals surface area contributed by atoms with E-state index in [2.05, 4.69) is 15.1 Å². The first-order chi connectivity index (χ1) is 8.84. The summed E-state index contributed by atoms with van der Waals surface area (Å²) in [7, 11) is 0. The van der Waals surface area contributed by atoms with E-state index in [1.54, 1.807) is 12.4 Å². The number of rotatable bonds is 2. The number of aromatic nitrogens is 2. The third-order valence-corrected chi connectivity index (χ3v) is 4.10. The average Bonchev–Trinajstić information content (AvgIpc) is 3.10. The van der Waals surface area contributed by atoms with Gasteiger partial charge in [-0.3, -0.25) is 14.8 Å². The summed E-state index contributed by atoms with van der Waals surface area (Å²) in [5.41, 5.74) is 0.675. The molecule has 1 N–H and O–H groups in total. The topological polar surface area (TPSA) is 52.2 Å². The quantitative estimate of drug-likeness (QED) is 0.853. The van der Waals surface area contributed by atoms with Crippen molar-refractivity contribution in [3.63, 3.8) is 0 Å². The van der Waals surface area contributed by atoms with Gasteiger partial charge in [-0.25, -0.2) is 0 Å². The lowest BCUT2D eigenvalue weighted by atomic mass is 10.1. The second-order valence-corrected chi connectivity index (χ2v) is 5.28. The second kappa shape index (κ2) is 5.10. The molecule has 5 heteroatoms. The summed E-state index contributed by atoms with van der Waals surface area (Å²) in [6, 6.07) is 0.571. The van der Waals surface area contributed by atoms with Crippen molar-refractivity contribution >= 4 is 5.91 Å². The molecule has 1 aromatic rings. The molecule has 0 spiro atoms. The van der Waals surface area contributed by atoms with Gasteiger partial charge in [0.1, 0.15) is 0 Å². The predicted octanol–water partition coefficient (Wildman–Crippen LogP) is 1.11. The Labute approximate surface area is 107 Å². The number of amides is 1. The molecule has 5 nitrogen and oxygen atoms in total. The van der Waals surface area contributed by atoms with Gasteiger partial charge in [0.25, 0.3) is 5.91 Å². The molecule has 2 fully saturated rings. The fraction of sp³-hybridized carbons (Fsp3) is 0.692. The maximum Gasteiger partial charge on any atom is 0.257 e. The van der Waals surface area contributed by atoms with Crippen LogP contribution >= 0.6 is 0 Å². The van der Waals surface area contributed by atoms with Gasteiger partial charge in [0.15, 0.2) is 0 Å². The third-order valence-electron chi connectivity index (χ3n) is 4.10. The first-order valence-electron chi connectivity index (χ1n) is 6.87. The van der Waals surface area contributed by atoms with Crippen LogP contribution in [0.15, 0.2) is 12.4 Å². The van der Waals surface area contributed by atoms with Crippen LogP contribution in [0.4, 0.5) is 0 Å². The van der Waals surface area contributed by atoms with Crippen LogP contribution in [0.2, 0.25) is 0 Å². The molecule has 2 aliphatic heterocycles. The lowest BCUT2D eigenvalue weighted by Gasteiger charge is -2.32. The number of likely N-dealkylation sites (tertiary alicyclic amines) is 2. The number of nitrogens with one attached hydrogen (secondary N) is 1. The van der Waals surface area contributed by atoms with E-state index >= 15 is 0 Å². The van der Waals surface area contributed by atoms with E-state index in [0.717, 1.165) is 19.5 Å². The summed E-state index contributed by atoms with van der Waals surface area (Å²) in [4.78, 5) is 16.7. The SMILES string of the molecule is O=C(c1cn[nH]c1)N1CC[C@@H](N2CCCCC2)C1. The Morgan fingerprint density at radius 2 is 2.11 bits per heavy atom. The minimum absolute atomic E-state index is 0.114. The van der Waals surface area contributed by atoms with Gasteiger partial charge in [0.2, 0.25) is 0 Å². The zero-order valence-electron chi connectivity index (χ0n) is 10.6.